The number of hydrogen-bond donors (Lipinski definition) is 0. The smallest absolute Gasteiger partial charge is 0.264 e. The van der Waals surface area contributed by atoms with Gasteiger partial charge in [-0.25, -0.2) is 4.90 Å². The number of hydrogen-bond acceptors (Lipinski definition) is 4. The van der Waals surface area contributed by atoms with Crippen LogP contribution in [0.1, 0.15) is 18.4 Å². The molecule has 0 aliphatic carbocycles. The number of carbonyl (C=O) groups is 2. The zero-order valence-electron chi connectivity index (χ0n) is 10.4. The van der Waals surface area contributed by atoms with Crippen molar-refractivity contribution in [1.82, 2.24) is 0 Å². The van der Waals surface area contributed by atoms with Crippen LogP contribution in [0.3, 0.4) is 0 Å². The second kappa shape index (κ2) is 4.13. The SMILES string of the molecule is Cc1ccc(N2C(=O)C[C@]3(CCN=N3)C2=O)cc1Cl. The number of amides is 2. The molecule has 1 aromatic carbocycles. The number of imide groups is 1. The van der Waals surface area contributed by atoms with E-state index in [1.165, 1.54) is 4.90 Å². The van der Waals surface area contributed by atoms with Gasteiger partial charge < -0.3 is 0 Å². The van der Waals surface area contributed by atoms with Gasteiger partial charge in [-0.1, -0.05) is 17.7 Å². The van der Waals surface area contributed by atoms with E-state index >= 15 is 0 Å². The van der Waals surface area contributed by atoms with E-state index in [9.17, 15) is 9.59 Å². The summed E-state index contributed by atoms with van der Waals surface area (Å²) in [5, 5.41) is 8.39. The van der Waals surface area contributed by atoms with Crippen LogP contribution in [0, 0.1) is 6.92 Å². The molecule has 0 bridgehead atoms. The third kappa shape index (κ3) is 1.76. The highest BCUT2D eigenvalue weighted by molar-refractivity contribution is 6.32. The molecule has 2 heterocycles. The molecule has 0 N–H and O–H groups in total. The largest absolute Gasteiger partial charge is 0.274 e. The van der Waals surface area contributed by atoms with Gasteiger partial charge in [-0.2, -0.15) is 10.2 Å². The third-order valence-corrected chi connectivity index (χ3v) is 4.00. The molecule has 1 spiro atoms. The average Bonchev–Trinajstić information content (AvgIpc) is 2.91. The lowest BCUT2D eigenvalue weighted by Crippen LogP contribution is -2.38. The van der Waals surface area contributed by atoms with E-state index in [0.717, 1.165) is 5.56 Å². The first-order chi connectivity index (χ1) is 9.03. The number of aryl methyl sites for hydroxylation is 1. The first-order valence-corrected chi connectivity index (χ1v) is 6.43. The second-order valence-corrected chi connectivity index (χ2v) is 5.30. The molecule has 2 amide bonds. The molecule has 1 saturated heterocycles. The number of azo groups is 1. The van der Waals surface area contributed by atoms with Gasteiger partial charge >= 0.3 is 0 Å². The van der Waals surface area contributed by atoms with Crippen LogP contribution < -0.4 is 4.90 Å². The fourth-order valence-electron chi connectivity index (χ4n) is 2.45. The molecule has 6 heteroatoms. The van der Waals surface area contributed by atoms with Crippen LogP contribution in [0.15, 0.2) is 28.4 Å². The molecule has 1 fully saturated rings. The van der Waals surface area contributed by atoms with Crippen molar-refractivity contribution in [3.63, 3.8) is 0 Å². The molecule has 0 aromatic heterocycles. The topological polar surface area (TPSA) is 62.1 Å². The summed E-state index contributed by atoms with van der Waals surface area (Å²) in [7, 11) is 0. The summed E-state index contributed by atoms with van der Waals surface area (Å²) in [6.45, 7) is 2.37. The predicted molar refractivity (Wildman–Crippen MR) is 70.4 cm³/mol. The van der Waals surface area contributed by atoms with E-state index < -0.39 is 5.54 Å². The Bertz CT molecular complexity index is 614. The molecule has 2 aliphatic heterocycles. The van der Waals surface area contributed by atoms with Gasteiger partial charge in [0.05, 0.1) is 18.7 Å². The van der Waals surface area contributed by atoms with E-state index in [-0.39, 0.29) is 18.2 Å². The lowest BCUT2D eigenvalue weighted by atomic mass is 9.96. The van der Waals surface area contributed by atoms with Gasteiger partial charge in [0.25, 0.3) is 5.91 Å². The Labute approximate surface area is 115 Å². The normalized spacial score (nSPS) is 25.9. The number of anilines is 1. The van der Waals surface area contributed by atoms with Gasteiger partial charge in [-0.15, -0.1) is 0 Å². The second-order valence-electron chi connectivity index (χ2n) is 4.89. The van der Waals surface area contributed by atoms with Gasteiger partial charge in [0, 0.05) is 11.4 Å². The van der Waals surface area contributed by atoms with Crippen molar-refractivity contribution in [2.75, 3.05) is 11.4 Å². The number of benzene rings is 1. The minimum Gasteiger partial charge on any atom is -0.274 e. The standard InChI is InChI=1S/C13H12ClN3O2/c1-8-2-3-9(6-10(8)14)17-11(18)7-13(12(17)19)4-5-15-16-13/h2-3,6H,4-5,7H2,1H3/t13-/m1/s1. The van der Waals surface area contributed by atoms with Crippen LogP contribution in [0.2, 0.25) is 5.02 Å². The maximum Gasteiger partial charge on any atom is 0.264 e. The highest BCUT2D eigenvalue weighted by Crippen LogP contribution is 2.38. The summed E-state index contributed by atoms with van der Waals surface area (Å²) in [5.74, 6) is -0.538. The third-order valence-electron chi connectivity index (χ3n) is 3.60. The highest BCUT2D eigenvalue weighted by Gasteiger charge is 2.54. The summed E-state index contributed by atoms with van der Waals surface area (Å²) in [5.41, 5.74) is 0.443. The molecular weight excluding hydrogens is 266 g/mol. The zero-order chi connectivity index (χ0) is 13.6. The Morgan fingerprint density at radius 3 is 2.79 bits per heavy atom. The Kier molecular flexibility index (Phi) is 2.67. The van der Waals surface area contributed by atoms with Crippen LogP contribution in [0.5, 0.6) is 0 Å². The van der Waals surface area contributed by atoms with Crippen LogP contribution in [0.25, 0.3) is 0 Å². The number of nitrogens with zero attached hydrogens (tertiary/aromatic N) is 3. The predicted octanol–water partition coefficient (Wildman–Crippen LogP) is 2.51. The van der Waals surface area contributed by atoms with Crippen molar-refractivity contribution < 1.29 is 9.59 Å². The van der Waals surface area contributed by atoms with Gasteiger partial charge in [-0.3, -0.25) is 9.59 Å². The van der Waals surface area contributed by atoms with Crippen LogP contribution in [-0.4, -0.2) is 23.9 Å². The first kappa shape index (κ1) is 12.3. The number of carbonyl (C=O) groups excluding carboxylic acids is 2. The minimum absolute atomic E-state index is 0.0980. The number of halogens is 1. The molecule has 5 nitrogen and oxygen atoms in total. The van der Waals surface area contributed by atoms with Crippen molar-refractivity contribution >= 4 is 29.1 Å². The zero-order valence-corrected chi connectivity index (χ0v) is 11.1. The van der Waals surface area contributed by atoms with E-state index in [4.69, 9.17) is 11.6 Å². The lowest BCUT2D eigenvalue weighted by Gasteiger charge is -2.18. The summed E-state index contributed by atoms with van der Waals surface area (Å²) in [4.78, 5) is 25.7. The van der Waals surface area contributed by atoms with Crippen molar-refractivity contribution in [3.8, 4) is 0 Å². The molecule has 98 valence electrons. The first-order valence-electron chi connectivity index (χ1n) is 6.06. The van der Waals surface area contributed by atoms with Gasteiger partial charge in [0.15, 0.2) is 5.54 Å². The Morgan fingerprint density at radius 1 is 1.37 bits per heavy atom. The molecule has 3 rings (SSSR count). The van der Waals surface area contributed by atoms with Gasteiger partial charge in [0.1, 0.15) is 0 Å². The van der Waals surface area contributed by atoms with Crippen molar-refractivity contribution in [1.29, 1.82) is 0 Å². The van der Waals surface area contributed by atoms with E-state index in [1.54, 1.807) is 18.2 Å². The average molecular weight is 278 g/mol. The molecule has 0 saturated carbocycles. The van der Waals surface area contributed by atoms with Gasteiger partial charge in [-0.05, 0) is 24.6 Å². The van der Waals surface area contributed by atoms with Crippen LogP contribution in [0.4, 0.5) is 5.69 Å². The molecule has 0 unspecified atom stereocenters. The molecule has 1 aromatic rings. The quantitative estimate of drug-likeness (QED) is 0.741. The summed E-state index contributed by atoms with van der Waals surface area (Å²) < 4.78 is 0. The number of rotatable bonds is 1. The van der Waals surface area contributed by atoms with Crippen LogP contribution >= 0.6 is 11.6 Å². The highest BCUT2D eigenvalue weighted by atomic mass is 35.5. The van der Waals surface area contributed by atoms with Crippen molar-refractivity contribution in [2.24, 2.45) is 10.2 Å². The molecular formula is C13H12ClN3O2. The van der Waals surface area contributed by atoms with E-state index in [0.29, 0.717) is 23.7 Å². The lowest BCUT2D eigenvalue weighted by molar-refractivity contribution is -0.122. The van der Waals surface area contributed by atoms with Crippen molar-refractivity contribution in [3.05, 3.63) is 28.8 Å². The Morgan fingerprint density at radius 2 is 2.16 bits per heavy atom. The monoisotopic (exact) mass is 277 g/mol. The molecule has 19 heavy (non-hydrogen) atoms. The van der Waals surface area contributed by atoms with Crippen molar-refractivity contribution in [2.45, 2.75) is 25.3 Å². The summed E-state index contributed by atoms with van der Waals surface area (Å²) in [6, 6.07) is 5.15. The maximum absolute atomic E-state index is 12.4. The Hall–Kier alpha value is -1.75. The molecule has 2 aliphatic rings. The fraction of sp³-hybridized carbons (Fsp3) is 0.385. The Balaban J connectivity index is 2.01. The molecule has 1 atom stereocenters. The maximum atomic E-state index is 12.4. The van der Waals surface area contributed by atoms with Crippen LogP contribution in [-0.2, 0) is 9.59 Å². The van der Waals surface area contributed by atoms with E-state index in [1.807, 2.05) is 6.92 Å². The summed E-state index contributed by atoms with van der Waals surface area (Å²) >= 11 is 6.05. The van der Waals surface area contributed by atoms with Gasteiger partial charge in [0.2, 0.25) is 5.91 Å². The van der Waals surface area contributed by atoms with E-state index in [2.05, 4.69) is 10.2 Å². The minimum atomic E-state index is -0.964. The fourth-order valence-corrected chi connectivity index (χ4v) is 2.63. The molecule has 0 radical (unpaired) electrons. The summed E-state index contributed by atoms with van der Waals surface area (Å²) in [6.07, 6.45) is 0.606.